The highest BCUT2D eigenvalue weighted by Crippen LogP contribution is 2.45. The number of nitrogens with two attached hydrogens (primary N) is 2. The van der Waals surface area contributed by atoms with Gasteiger partial charge in [-0.15, -0.1) is 11.3 Å². The van der Waals surface area contributed by atoms with Crippen LogP contribution in [0.4, 0.5) is 11.5 Å². The molecule has 0 bridgehead atoms. The smallest absolute Gasteiger partial charge is 0.312 e. The lowest BCUT2D eigenvalue weighted by Crippen LogP contribution is -2.39. The van der Waals surface area contributed by atoms with E-state index < -0.39 is 11.7 Å². The van der Waals surface area contributed by atoms with Crippen LogP contribution in [0.2, 0.25) is 0 Å². The minimum absolute atomic E-state index is 0.0154. The molecule has 0 fully saturated rings. The molecule has 174 valence electrons. The Kier molecular flexibility index (Phi) is 4.70. The molecule has 6 aromatic rings. The second-order valence-corrected chi connectivity index (χ2v) is 8.91. The molecule has 0 radical (unpaired) electrons. The number of para-hydroxylation sites is 1. The van der Waals surface area contributed by atoms with Gasteiger partial charge in [-0.2, -0.15) is 5.26 Å². The predicted octanol–water partition coefficient (Wildman–Crippen LogP) is 3.05. The number of anilines is 2. The quantitative estimate of drug-likeness (QED) is 0.248. The first-order valence-corrected chi connectivity index (χ1v) is 11.5. The van der Waals surface area contributed by atoms with E-state index in [0.29, 0.717) is 27.0 Å². The van der Waals surface area contributed by atoms with Crippen molar-refractivity contribution in [2.24, 2.45) is 0 Å². The highest BCUT2D eigenvalue weighted by Gasteiger charge is 2.33. The number of carbonyl (C=O) groups is 1. The Morgan fingerprint density at radius 1 is 1.14 bits per heavy atom. The largest absolute Gasteiger partial charge is 0.539 e. The van der Waals surface area contributed by atoms with Crippen LogP contribution in [0.15, 0.2) is 65.3 Å². The van der Waals surface area contributed by atoms with Crippen LogP contribution >= 0.6 is 11.3 Å². The van der Waals surface area contributed by atoms with Gasteiger partial charge in [0, 0.05) is 40.2 Å². The van der Waals surface area contributed by atoms with E-state index in [1.807, 2.05) is 24.3 Å². The van der Waals surface area contributed by atoms with Crippen LogP contribution in [-0.2, 0) is 0 Å². The van der Waals surface area contributed by atoms with Gasteiger partial charge in [-0.25, -0.2) is 4.98 Å². The van der Waals surface area contributed by atoms with E-state index in [4.69, 9.17) is 16.0 Å². The van der Waals surface area contributed by atoms with E-state index in [1.54, 1.807) is 36.5 Å². The lowest BCUT2D eigenvalue weighted by Gasteiger charge is -2.11. The standard InChI is InChI=1S/C25H15N7O3S/c26-11-15-17(14-7-4-8-16-13(14)9-10-29-16)18-19(27)22(36-24(18)30-23(15)28)21(33)20-25(34)35-31-32(20)12-5-2-1-3-6-12/h1-10H,(H5-,27,28,29,30,31,33,34). The van der Waals surface area contributed by atoms with Crippen LogP contribution in [0.3, 0.4) is 0 Å². The Hall–Kier alpha value is -5.21. The van der Waals surface area contributed by atoms with Crippen LogP contribution in [0.25, 0.3) is 37.9 Å². The Morgan fingerprint density at radius 3 is 2.72 bits per heavy atom. The topological polar surface area (TPSA) is 175 Å². The molecule has 6 rings (SSSR count). The molecule has 4 aromatic heterocycles. The van der Waals surface area contributed by atoms with Gasteiger partial charge in [-0.3, -0.25) is 4.79 Å². The average molecular weight is 494 g/mol. The lowest BCUT2D eigenvalue weighted by atomic mass is 9.94. The fourth-order valence-corrected chi connectivity index (χ4v) is 5.37. The van der Waals surface area contributed by atoms with Crippen molar-refractivity contribution in [2.75, 3.05) is 11.5 Å². The molecule has 4 heterocycles. The summed E-state index contributed by atoms with van der Waals surface area (Å²) in [6.45, 7) is 0. The monoisotopic (exact) mass is 493 g/mol. The summed E-state index contributed by atoms with van der Waals surface area (Å²) >= 11 is 0.988. The van der Waals surface area contributed by atoms with E-state index in [9.17, 15) is 15.2 Å². The molecule has 0 amide bonds. The first kappa shape index (κ1) is 21.3. The van der Waals surface area contributed by atoms with Crippen molar-refractivity contribution in [1.82, 2.24) is 15.2 Å². The molecule has 36 heavy (non-hydrogen) atoms. The third-order valence-corrected chi connectivity index (χ3v) is 7.01. The fourth-order valence-electron chi connectivity index (χ4n) is 4.31. The van der Waals surface area contributed by atoms with Gasteiger partial charge in [0.05, 0.1) is 11.0 Å². The van der Waals surface area contributed by atoms with Crippen LogP contribution in [0, 0.1) is 11.3 Å². The van der Waals surface area contributed by atoms with Gasteiger partial charge in [-0.05, 0) is 22.4 Å². The molecule has 5 N–H and O–H groups in total. The minimum atomic E-state index is -0.900. The summed E-state index contributed by atoms with van der Waals surface area (Å²) in [6, 6.07) is 18.3. The van der Waals surface area contributed by atoms with Gasteiger partial charge >= 0.3 is 5.69 Å². The van der Waals surface area contributed by atoms with Gasteiger partial charge in [0.15, 0.2) is 5.95 Å². The van der Waals surface area contributed by atoms with Gasteiger partial charge in [0.1, 0.15) is 27.2 Å². The summed E-state index contributed by atoms with van der Waals surface area (Å²) in [5.41, 5.74) is 15.2. The molecule has 0 atom stereocenters. The number of pyridine rings is 1. The maximum Gasteiger partial charge on any atom is 0.312 e. The van der Waals surface area contributed by atoms with Gasteiger partial charge in [-0.1, -0.05) is 30.3 Å². The average Bonchev–Trinajstić information content (AvgIpc) is 3.60. The molecule has 2 aromatic carbocycles. The number of aromatic nitrogens is 4. The highest BCUT2D eigenvalue weighted by molar-refractivity contribution is 7.21. The molecule has 0 aliphatic heterocycles. The van der Waals surface area contributed by atoms with E-state index in [1.165, 1.54) is 0 Å². The number of thiophene rings is 1. The van der Waals surface area contributed by atoms with E-state index in [0.717, 1.165) is 26.9 Å². The summed E-state index contributed by atoms with van der Waals surface area (Å²) in [5, 5.41) is 27.5. The fraction of sp³-hybridized carbons (Fsp3) is 0. The van der Waals surface area contributed by atoms with Crippen LogP contribution in [0.5, 0.6) is 5.95 Å². The highest BCUT2D eigenvalue weighted by atomic mass is 32.1. The number of nitrogens with one attached hydrogen (secondary N) is 1. The summed E-state index contributed by atoms with van der Waals surface area (Å²) in [5.74, 6) is -1.56. The predicted molar refractivity (Wildman–Crippen MR) is 131 cm³/mol. The Morgan fingerprint density at radius 2 is 1.94 bits per heavy atom. The number of H-pyrrole nitrogens is 1. The van der Waals surface area contributed by atoms with Gasteiger partial charge in [0.2, 0.25) is 5.69 Å². The Bertz CT molecular complexity index is 1860. The maximum atomic E-state index is 13.7. The van der Waals surface area contributed by atoms with Crippen molar-refractivity contribution in [1.29, 1.82) is 5.26 Å². The number of aromatic amines is 1. The molecule has 0 saturated heterocycles. The second-order valence-electron chi connectivity index (χ2n) is 7.91. The number of ketones is 1. The summed E-state index contributed by atoms with van der Waals surface area (Å²) in [7, 11) is 0. The number of nitriles is 1. The van der Waals surface area contributed by atoms with Crippen LogP contribution in [0.1, 0.15) is 20.9 Å². The van der Waals surface area contributed by atoms with E-state index in [2.05, 4.69) is 21.3 Å². The molecule has 0 spiro atoms. The lowest BCUT2D eigenvalue weighted by molar-refractivity contribution is -0.672. The van der Waals surface area contributed by atoms with Crippen molar-refractivity contribution in [2.45, 2.75) is 0 Å². The Labute approximate surface area is 206 Å². The SMILES string of the molecule is N#Cc1c(N)nc2sc(C(=O)c3c([O-])on[n+]3-c3ccccc3)c(N)c2c1-c1cccc2[nH]ccc12. The number of benzene rings is 2. The molecular weight excluding hydrogens is 478 g/mol. The first-order chi connectivity index (χ1) is 17.5. The minimum Gasteiger partial charge on any atom is -0.539 e. The summed E-state index contributed by atoms with van der Waals surface area (Å²) in [6.07, 6.45) is 1.79. The zero-order chi connectivity index (χ0) is 25.0. The maximum absolute atomic E-state index is 13.7. The number of hydrogen-bond acceptors (Lipinski definition) is 9. The molecule has 0 unspecified atom stereocenters. The zero-order valence-corrected chi connectivity index (χ0v) is 19.2. The third-order valence-electron chi connectivity index (χ3n) is 5.91. The normalized spacial score (nSPS) is 11.2. The van der Waals surface area contributed by atoms with Crippen molar-refractivity contribution < 1.29 is 19.1 Å². The van der Waals surface area contributed by atoms with E-state index >= 15 is 0 Å². The van der Waals surface area contributed by atoms with Gasteiger partial charge in [0.25, 0.3) is 5.78 Å². The molecule has 11 heteroatoms. The van der Waals surface area contributed by atoms with E-state index in [-0.39, 0.29) is 27.6 Å². The third kappa shape index (κ3) is 3.02. The Balaban J connectivity index is 1.63. The van der Waals surface area contributed by atoms with Crippen molar-refractivity contribution >= 4 is 49.7 Å². The summed E-state index contributed by atoms with van der Waals surface area (Å²) in [4.78, 5) is 21.6. The van der Waals surface area contributed by atoms with Crippen LogP contribution in [-0.4, -0.2) is 21.0 Å². The van der Waals surface area contributed by atoms with Crippen LogP contribution < -0.4 is 21.3 Å². The van der Waals surface area contributed by atoms with Gasteiger partial charge < -0.3 is 26.1 Å². The number of rotatable bonds is 4. The molecular formula is C25H15N7O3S. The number of hydrogen-bond donors (Lipinski definition) is 3. The molecule has 10 nitrogen and oxygen atoms in total. The number of nitrogen functional groups attached to an aromatic ring is 2. The number of fused-ring (bicyclic) bond motifs is 2. The molecule has 0 aliphatic rings. The van der Waals surface area contributed by atoms with Crippen molar-refractivity contribution in [3.8, 4) is 28.8 Å². The second kappa shape index (κ2) is 7.93. The van der Waals surface area contributed by atoms with Crippen molar-refractivity contribution in [3.63, 3.8) is 0 Å². The summed E-state index contributed by atoms with van der Waals surface area (Å²) < 4.78 is 5.95. The number of nitrogens with zero attached hydrogens (tertiary/aromatic N) is 4. The molecule has 0 aliphatic carbocycles. The number of carbonyl (C=O) groups excluding carboxylic acids is 1. The molecule has 0 saturated carbocycles. The zero-order valence-electron chi connectivity index (χ0n) is 18.4. The first-order valence-electron chi connectivity index (χ1n) is 10.7. The van der Waals surface area contributed by atoms with Crippen molar-refractivity contribution in [3.05, 3.63) is 76.9 Å².